The van der Waals surface area contributed by atoms with Crippen molar-refractivity contribution in [3.8, 4) is 0 Å². The molecule has 4 aliphatic rings. The zero-order chi connectivity index (χ0) is 54.5. The van der Waals surface area contributed by atoms with Crippen molar-refractivity contribution >= 4 is 76.1 Å². The highest BCUT2D eigenvalue weighted by Gasteiger charge is 2.31. The summed E-state index contributed by atoms with van der Waals surface area (Å²) in [7, 11) is 0. The van der Waals surface area contributed by atoms with Gasteiger partial charge in [-0.05, 0) is 117 Å². The Morgan fingerprint density at radius 2 is 0.973 bits per heavy atom. The zero-order valence-electron chi connectivity index (χ0n) is 44.0. The van der Waals surface area contributed by atoms with E-state index in [4.69, 9.17) is 31.5 Å². The number of carbonyl (C=O) groups excluding carboxylic acids is 5. The first-order valence-corrected chi connectivity index (χ1v) is 25.2. The van der Waals surface area contributed by atoms with E-state index in [1.54, 1.807) is 51.1 Å². The lowest BCUT2D eigenvalue weighted by atomic mass is 10.2. The number of halogens is 4. The van der Waals surface area contributed by atoms with Crippen LogP contribution in [-0.2, 0) is 14.2 Å². The predicted octanol–water partition coefficient (Wildman–Crippen LogP) is 8.12. The molecule has 0 spiro atoms. The molecule has 408 valence electrons. The van der Waals surface area contributed by atoms with Gasteiger partial charge >= 0.3 is 30.3 Å². The Hall–Kier alpha value is -6.71. The third-order valence-corrected chi connectivity index (χ3v) is 11.7. The minimum absolute atomic E-state index is 0.205. The highest BCUT2D eigenvalue weighted by Crippen LogP contribution is 2.29. The normalized spacial score (nSPS) is 16.3. The molecule has 7 rings (SSSR count). The van der Waals surface area contributed by atoms with Crippen LogP contribution in [0, 0.1) is 17.5 Å². The minimum atomic E-state index is -0.542. The van der Waals surface area contributed by atoms with Crippen LogP contribution in [0.25, 0.3) is 0 Å². The summed E-state index contributed by atoms with van der Waals surface area (Å²) >= 11 is 5.50. The van der Waals surface area contributed by atoms with Gasteiger partial charge in [-0.1, -0.05) is 0 Å². The second-order valence-electron chi connectivity index (χ2n) is 20.8. The van der Waals surface area contributed by atoms with Crippen LogP contribution in [0.2, 0.25) is 0 Å². The van der Waals surface area contributed by atoms with E-state index in [0.29, 0.717) is 138 Å². The van der Waals surface area contributed by atoms with Crippen LogP contribution < -0.4 is 41.3 Å². The number of ether oxygens (including phenoxy) is 3. The van der Waals surface area contributed by atoms with Crippen LogP contribution in [0.1, 0.15) is 62.3 Å². The number of nitrogens with zero attached hydrogens (tertiary/aromatic N) is 7. The SMILES string of the molecule is CC(C)(C)OC(=O)N1CCN(c2ccc(N)cc2F)CC1.CC(C)(C)OC(=O)N1CCN(c2ccc(N3CCNC3=O)cc2F)CC1.CC(C)(C)OC(=O)N1CCN(c2ccc(NC(=O)NCCCl)cc2F)CC1. The van der Waals surface area contributed by atoms with Gasteiger partial charge in [0.1, 0.15) is 34.3 Å². The number of nitrogens with one attached hydrogen (secondary N) is 3. The third-order valence-electron chi connectivity index (χ3n) is 11.5. The van der Waals surface area contributed by atoms with Crippen molar-refractivity contribution in [3.05, 3.63) is 72.0 Å². The first kappa shape index (κ1) is 58.2. The maximum absolute atomic E-state index is 14.6. The van der Waals surface area contributed by atoms with Crippen molar-refractivity contribution in [2.75, 3.05) is 135 Å². The van der Waals surface area contributed by atoms with Crippen molar-refractivity contribution < 1.29 is 51.4 Å². The molecule has 3 aromatic rings. The molecule has 23 heteroatoms. The minimum Gasteiger partial charge on any atom is -0.444 e. The van der Waals surface area contributed by atoms with Gasteiger partial charge in [-0.25, -0.2) is 37.1 Å². The number of rotatable bonds is 7. The number of nitrogens with two attached hydrogens (primary N) is 1. The quantitative estimate of drug-likeness (QED) is 0.101. The number of anilines is 6. The summed E-state index contributed by atoms with van der Waals surface area (Å²) in [5.41, 5.74) is 6.73. The van der Waals surface area contributed by atoms with E-state index >= 15 is 0 Å². The second kappa shape index (κ2) is 25.5. The topological polar surface area (TPSA) is 198 Å². The number of urea groups is 2. The Labute approximate surface area is 437 Å². The summed E-state index contributed by atoms with van der Waals surface area (Å²) in [4.78, 5) is 71.6. The van der Waals surface area contributed by atoms with E-state index in [0.717, 1.165) is 0 Å². The largest absolute Gasteiger partial charge is 0.444 e. The van der Waals surface area contributed by atoms with Gasteiger partial charge in [-0.3, -0.25) is 4.90 Å². The maximum Gasteiger partial charge on any atom is 0.410 e. The lowest BCUT2D eigenvalue weighted by Crippen LogP contribution is -2.50. The van der Waals surface area contributed by atoms with E-state index in [1.165, 1.54) is 23.1 Å². The molecule has 3 aromatic carbocycles. The van der Waals surface area contributed by atoms with Crippen LogP contribution in [-0.4, -0.2) is 166 Å². The number of hydrogen-bond acceptors (Lipinski definition) is 12. The van der Waals surface area contributed by atoms with E-state index in [2.05, 4.69) is 16.0 Å². The molecular weight excluding hydrogens is 987 g/mol. The van der Waals surface area contributed by atoms with Crippen LogP contribution in [0.3, 0.4) is 0 Å². The van der Waals surface area contributed by atoms with Crippen molar-refractivity contribution in [3.63, 3.8) is 0 Å². The molecule has 0 saturated carbocycles. The number of hydrogen-bond donors (Lipinski definition) is 4. The molecule has 0 bridgehead atoms. The fourth-order valence-electron chi connectivity index (χ4n) is 7.96. The summed E-state index contributed by atoms with van der Waals surface area (Å²) in [6.07, 6.45) is -1.02. The first-order chi connectivity index (χ1) is 34.7. The smallest absolute Gasteiger partial charge is 0.410 e. The standard InChI is InChI=1S/C18H26ClFN4O3.C18H25FN4O3.C15H22FN3O2/c1-18(2,3)27-17(26)24-10-8-23(9-11-24)15-5-4-13(12-14(15)20)22-16(25)21-7-6-19;1-18(2,3)26-17(25)22-10-8-21(9-11-22)15-5-4-13(12-14(15)19)23-7-6-20-16(23)24;1-15(2,3)21-14(20)19-8-6-18(7-9-19)13-5-4-11(17)10-12(13)16/h4-5,12H,6-11H2,1-3H3,(H2,21,22,25);4-5,12H,6-11H2,1-3H3,(H,20,24);4-5,10H,6-9,17H2,1-3H3. The number of alkyl halides is 1. The van der Waals surface area contributed by atoms with E-state index in [9.17, 15) is 37.1 Å². The van der Waals surface area contributed by atoms with Gasteiger partial charge in [0, 0.05) is 121 Å². The Kier molecular flexibility index (Phi) is 20.0. The van der Waals surface area contributed by atoms with Crippen molar-refractivity contribution in [1.29, 1.82) is 0 Å². The van der Waals surface area contributed by atoms with Gasteiger partial charge in [0.15, 0.2) is 0 Å². The van der Waals surface area contributed by atoms with Crippen molar-refractivity contribution in [1.82, 2.24) is 25.3 Å². The molecule has 4 saturated heterocycles. The Morgan fingerprint density at radius 3 is 1.32 bits per heavy atom. The molecule has 0 atom stereocenters. The Balaban J connectivity index is 0.000000207. The summed E-state index contributed by atoms with van der Waals surface area (Å²) in [5, 5.41) is 7.80. The van der Waals surface area contributed by atoms with E-state index in [1.807, 2.05) is 77.0 Å². The van der Waals surface area contributed by atoms with Crippen molar-refractivity contribution in [2.45, 2.75) is 79.1 Å². The van der Waals surface area contributed by atoms with Crippen LogP contribution in [0.15, 0.2) is 54.6 Å². The summed E-state index contributed by atoms with van der Waals surface area (Å²) in [6, 6.07) is 13.4. The van der Waals surface area contributed by atoms with Gasteiger partial charge in [0.25, 0.3) is 0 Å². The van der Waals surface area contributed by atoms with Crippen LogP contribution >= 0.6 is 11.6 Å². The lowest BCUT2D eigenvalue weighted by Gasteiger charge is -2.37. The molecule has 0 unspecified atom stereocenters. The first-order valence-electron chi connectivity index (χ1n) is 24.7. The molecule has 7 amide bonds. The van der Waals surface area contributed by atoms with E-state index in [-0.39, 0.29) is 35.9 Å². The number of carbonyl (C=O) groups is 5. The molecule has 0 aliphatic carbocycles. The van der Waals surface area contributed by atoms with Crippen LogP contribution in [0.5, 0.6) is 0 Å². The van der Waals surface area contributed by atoms with Crippen LogP contribution in [0.4, 0.5) is 71.3 Å². The monoisotopic (exact) mass is 1060 g/mol. The van der Waals surface area contributed by atoms with Crippen molar-refractivity contribution in [2.24, 2.45) is 0 Å². The fourth-order valence-corrected chi connectivity index (χ4v) is 8.06. The Bertz CT molecular complexity index is 2410. The molecule has 5 N–H and O–H groups in total. The number of benzene rings is 3. The van der Waals surface area contributed by atoms with Gasteiger partial charge < -0.3 is 65.3 Å². The molecule has 74 heavy (non-hydrogen) atoms. The number of amides is 7. The Morgan fingerprint density at radius 1 is 0.581 bits per heavy atom. The van der Waals surface area contributed by atoms with Gasteiger partial charge in [0.05, 0.1) is 17.1 Å². The lowest BCUT2D eigenvalue weighted by molar-refractivity contribution is 0.0230. The fraction of sp³-hybridized carbons (Fsp3) is 0.549. The molecular formula is C51H73ClF3N11O8. The average Bonchev–Trinajstić information content (AvgIpc) is 3.75. The highest BCUT2D eigenvalue weighted by molar-refractivity contribution is 6.18. The maximum atomic E-state index is 14.6. The zero-order valence-corrected chi connectivity index (χ0v) is 44.8. The second-order valence-corrected chi connectivity index (χ2v) is 21.2. The number of piperazine rings is 3. The predicted molar refractivity (Wildman–Crippen MR) is 282 cm³/mol. The molecule has 0 aromatic heterocycles. The molecule has 4 aliphatic heterocycles. The summed E-state index contributed by atoms with van der Waals surface area (Å²) in [6.45, 7) is 24.0. The average molecular weight is 1060 g/mol. The molecule has 19 nitrogen and oxygen atoms in total. The van der Waals surface area contributed by atoms with Gasteiger partial charge in [-0.15, -0.1) is 11.6 Å². The van der Waals surface area contributed by atoms with Gasteiger partial charge in [-0.2, -0.15) is 0 Å². The summed E-state index contributed by atoms with van der Waals surface area (Å²) < 4.78 is 59.0. The summed E-state index contributed by atoms with van der Waals surface area (Å²) in [5.74, 6) is -0.833. The highest BCUT2D eigenvalue weighted by atomic mass is 35.5. The number of nitrogen functional groups attached to an aromatic ring is 1. The molecule has 4 heterocycles. The van der Waals surface area contributed by atoms with Gasteiger partial charge in [0.2, 0.25) is 0 Å². The van der Waals surface area contributed by atoms with E-state index < -0.39 is 28.7 Å². The molecule has 0 radical (unpaired) electrons. The third kappa shape index (κ3) is 17.8. The molecule has 4 fully saturated rings.